The van der Waals surface area contributed by atoms with Crippen LogP contribution in [0.25, 0.3) is 0 Å². The van der Waals surface area contributed by atoms with E-state index < -0.39 is 77.6 Å². The summed E-state index contributed by atoms with van der Waals surface area (Å²) < 4.78 is 36.1. The quantitative estimate of drug-likeness (QED) is 0.275. The number of aromatic hydroxyl groups is 2. The highest BCUT2D eigenvalue weighted by Crippen LogP contribution is 2.53. The summed E-state index contributed by atoms with van der Waals surface area (Å²) in [5.41, 5.74) is -2.87. The van der Waals surface area contributed by atoms with Crippen molar-refractivity contribution in [3.63, 3.8) is 0 Å². The first-order valence-electron chi connectivity index (χ1n) is 18.0. The van der Waals surface area contributed by atoms with Crippen molar-refractivity contribution >= 4 is 17.5 Å². The SMILES string of the molecule is COc1cccc2c1C(=O)c1c(O)c3c(c(O)c1C2=O)C[C@@](O)(C(=O)N1C[C@@H]2CC[C@@H]1CN2)C[C@@H]3O[C@H]1C[C@H]2[C@H](O[C@@H]3[C@@H](OC)OCCN32)[C@H](C)O1. The number of fused-ring (bicyclic) bond motifs is 9. The minimum atomic E-state index is -2.07. The molecule has 4 N–H and O–H groups in total. The molecule has 0 spiro atoms. The number of nitrogens with one attached hydrogen (secondary N) is 1. The summed E-state index contributed by atoms with van der Waals surface area (Å²) >= 11 is 0. The van der Waals surface area contributed by atoms with Gasteiger partial charge in [-0.05, 0) is 25.8 Å². The fraction of sp³-hybridized carbons (Fsp3) is 0.595. The number of carbonyl (C=O) groups is 3. The van der Waals surface area contributed by atoms with E-state index in [0.29, 0.717) is 32.7 Å². The van der Waals surface area contributed by atoms with Crippen LogP contribution in [0.3, 0.4) is 0 Å². The van der Waals surface area contributed by atoms with E-state index in [-0.39, 0.29) is 64.2 Å². The van der Waals surface area contributed by atoms with Gasteiger partial charge in [0, 0.05) is 80.8 Å². The van der Waals surface area contributed by atoms with E-state index in [0.717, 1.165) is 12.8 Å². The molecule has 1 amide bonds. The highest BCUT2D eigenvalue weighted by atomic mass is 16.7. The minimum absolute atomic E-state index is 0.00773. The predicted molar refractivity (Wildman–Crippen MR) is 178 cm³/mol. The smallest absolute Gasteiger partial charge is 0.255 e. The van der Waals surface area contributed by atoms with Gasteiger partial charge in [0.1, 0.15) is 29.0 Å². The maximum atomic E-state index is 14.4. The zero-order chi connectivity index (χ0) is 36.2. The molecule has 0 aromatic heterocycles. The summed E-state index contributed by atoms with van der Waals surface area (Å²) in [6.45, 7) is 3.94. The van der Waals surface area contributed by atoms with Gasteiger partial charge in [-0.25, -0.2) is 0 Å². The van der Waals surface area contributed by atoms with E-state index in [1.807, 2.05) is 6.92 Å². The Labute approximate surface area is 299 Å². The molecule has 0 saturated carbocycles. The minimum Gasteiger partial charge on any atom is -0.507 e. The van der Waals surface area contributed by atoms with Gasteiger partial charge in [0.05, 0.1) is 42.6 Å². The summed E-state index contributed by atoms with van der Waals surface area (Å²) in [4.78, 5) is 46.4. The Morgan fingerprint density at radius 1 is 1.06 bits per heavy atom. The van der Waals surface area contributed by atoms with Crippen LogP contribution in [0, 0.1) is 0 Å². The van der Waals surface area contributed by atoms with Gasteiger partial charge in [-0.15, -0.1) is 0 Å². The van der Waals surface area contributed by atoms with Crippen LogP contribution in [0.1, 0.15) is 81.7 Å². The monoisotopic (exact) mass is 721 g/mol. The lowest BCUT2D eigenvalue weighted by Gasteiger charge is -2.49. The molecule has 6 aliphatic heterocycles. The largest absolute Gasteiger partial charge is 0.507 e. The molecular weight excluding hydrogens is 678 g/mol. The number of aliphatic hydroxyl groups is 1. The van der Waals surface area contributed by atoms with Crippen molar-refractivity contribution in [1.29, 1.82) is 0 Å². The van der Waals surface area contributed by atoms with Gasteiger partial charge >= 0.3 is 0 Å². The van der Waals surface area contributed by atoms with Crippen molar-refractivity contribution in [3.05, 3.63) is 51.6 Å². The van der Waals surface area contributed by atoms with Crippen LogP contribution in [0.4, 0.5) is 0 Å². The van der Waals surface area contributed by atoms with Crippen LogP contribution in [-0.4, -0.2) is 138 Å². The van der Waals surface area contributed by atoms with E-state index in [1.165, 1.54) is 13.2 Å². The average Bonchev–Trinajstić information content (AvgIpc) is 3.54. The summed E-state index contributed by atoms with van der Waals surface area (Å²) in [5, 5.41) is 39.8. The molecule has 0 radical (unpaired) electrons. The third-order valence-corrected chi connectivity index (χ3v) is 12.2. The number of ketones is 2. The van der Waals surface area contributed by atoms with Crippen molar-refractivity contribution < 1.29 is 58.1 Å². The molecule has 2 bridgehead atoms. The first-order valence-corrected chi connectivity index (χ1v) is 18.0. The highest BCUT2D eigenvalue weighted by Gasteiger charge is 2.56. The lowest BCUT2D eigenvalue weighted by molar-refractivity contribution is -0.256. The number of methoxy groups -OCH3 is 2. The average molecular weight is 722 g/mol. The fourth-order valence-corrected chi connectivity index (χ4v) is 9.72. The molecule has 10 rings (SSSR count). The fourth-order valence-electron chi connectivity index (χ4n) is 9.72. The van der Waals surface area contributed by atoms with Gasteiger partial charge in [0.25, 0.3) is 5.91 Å². The number of phenolic OH excluding ortho intramolecular Hbond substituents is 2. The molecule has 0 unspecified atom stereocenters. The van der Waals surface area contributed by atoms with Gasteiger partial charge in [-0.3, -0.25) is 19.3 Å². The van der Waals surface area contributed by atoms with Crippen LogP contribution in [0.2, 0.25) is 0 Å². The Kier molecular flexibility index (Phi) is 8.17. The first kappa shape index (κ1) is 34.1. The molecule has 8 aliphatic rings. The van der Waals surface area contributed by atoms with Crippen LogP contribution < -0.4 is 10.1 Å². The summed E-state index contributed by atoms with van der Waals surface area (Å²) in [6.07, 6.45) is -2.55. The van der Waals surface area contributed by atoms with Crippen molar-refractivity contribution in [3.8, 4) is 17.2 Å². The number of phenols is 2. The van der Waals surface area contributed by atoms with Gasteiger partial charge < -0.3 is 54.0 Å². The number of ether oxygens (including phenoxy) is 6. The molecule has 6 heterocycles. The number of carbonyl (C=O) groups excluding carboxylic acids is 3. The zero-order valence-electron chi connectivity index (χ0n) is 29.2. The van der Waals surface area contributed by atoms with Gasteiger partial charge in [-0.2, -0.15) is 0 Å². The summed E-state index contributed by atoms with van der Waals surface area (Å²) in [5.74, 6) is -2.90. The molecule has 2 aromatic rings. The number of hydrogen-bond donors (Lipinski definition) is 4. The summed E-state index contributed by atoms with van der Waals surface area (Å²) in [6, 6.07) is 4.40. The Bertz CT molecular complexity index is 1850. The second-order valence-electron chi connectivity index (χ2n) is 15.0. The second kappa shape index (κ2) is 12.5. The highest BCUT2D eigenvalue weighted by molar-refractivity contribution is 6.31. The molecule has 52 heavy (non-hydrogen) atoms. The number of nitrogens with zero attached hydrogens (tertiary/aromatic N) is 2. The number of amides is 1. The number of benzene rings is 2. The number of hydrogen-bond acceptors (Lipinski definition) is 14. The van der Waals surface area contributed by atoms with Crippen molar-refractivity contribution in [1.82, 2.24) is 15.1 Å². The Morgan fingerprint density at radius 2 is 1.87 bits per heavy atom. The molecule has 6 saturated heterocycles. The molecule has 278 valence electrons. The predicted octanol–water partition coefficient (Wildman–Crippen LogP) is 1.11. The van der Waals surface area contributed by atoms with Crippen LogP contribution in [0.5, 0.6) is 17.2 Å². The maximum absolute atomic E-state index is 14.4. The van der Waals surface area contributed by atoms with Crippen molar-refractivity contribution in [2.75, 3.05) is 40.5 Å². The zero-order valence-corrected chi connectivity index (χ0v) is 29.2. The normalized spacial score (nSPS) is 36.5. The standard InChI is InChI=1S/C37H43N3O12/c1-16-33-21(39-9-10-49-35(48-3)34(39)52-33)11-24(50-16)51-23-13-37(46,36(45)40-15-17-7-8-18(40)14-38-17)12-20-26(23)32(44)28-27(30(20)42)29(41)19-5-4-6-22(47-2)25(19)31(28)43/h4-6,16-18,21,23-24,33-35,38,42,44,46H,7-15H2,1-3H3/t16-,17-,18+,21-,23-,24-,33+,34+,35-,37-/m0/s1. The number of piperidine rings is 2. The first-order chi connectivity index (χ1) is 25.0. The molecule has 2 aliphatic carbocycles. The van der Waals surface area contributed by atoms with E-state index in [2.05, 4.69) is 10.2 Å². The van der Waals surface area contributed by atoms with Gasteiger partial charge in [0.2, 0.25) is 5.78 Å². The Hall–Kier alpha value is -3.67. The molecule has 15 heteroatoms. The van der Waals surface area contributed by atoms with Crippen molar-refractivity contribution in [2.45, 2.75) is 99.9 Å². The van der Waals surface area contributed by atoms with E-state index >= 15 is 0 Å². The molecule has 10 atom stereocenters. The summed E-state index contributed by atoms with van der Waals surface area (Å²) in [7, 11) is 2.94. The maximum Gasteiger partial charge on any atom is 0.255 e. The van der Waals surface area contributed by atoms with E-state index in [9.17, 15) is 29.7 Å². The van der Waals surface area contributed by atoms with Gasteiger partial charge in [0.15, 0.2) is 24.6 Å². The number of rotatable bonds is 5. The van der Waals surface area contributed by atoms with Gasteiger partial charge in [-0.1, -0.05) is 12.1 Å². The third-order valence-electron chi connectivity index (χ3n) is 12.2. The van der Waals surface area contributed by atoms with Crippen LogP contribution in [0.15, 0.2) is 18.2 Å². The second-order valence-corrected chi connectivity index (χ2v) is 15.0. The molecule has 2 aromatic carbocycles. The van der Waals surface area contributed by atoms with E-state index in [4.69, 9.17) is 28.4 Å². The number of piperazine rings is 1. The molecular formula is C37H43N3O12. The van der Waals surface area contributed by atoms with Crippen LogP contribution >= 0.6 is 0 Å². The van der Waals surface area contributed by atoms with E-state index in [1.54, 1.807) is 24.1 Å². The van der Waals surface area contributed by atoms with Crippen molar-refractivity contribution in [2.24, 2.45) is 0 Å². The number of morpholine rings is 1. The topological polar surface area (TPSA) is 186 Å². The molecule has 15 nitrogen and oxygen atoms in total. The Morgan fingerprint density at radius 3 is 2.58 bits per heavy atom. The lowest BCUT2D eigenvalue weighted by atomic mass is 9.72. The Balaban J connectivity index is 1.12. The lowest BCUT2D eigenvalue weighted by Crippen LogP contribution is -2.66. The third kappa shape index (κ3) is 4.98. The van der Waals surface area contributed by atoms with Crippen LogP contribution in [-0.2, 0) is 34.9 Å². The molecule has 6 fully saturated rings.